The predicted molar refractivity (Wildman–Crippen MR) is 144 cm³/mol. The third-order valence-electron chi connectivity index (χ3n) is 8.21. The first-order valence-electron chi connectivity index (χ1n) is 13.4. The lowest BCUT2D eigenvalue weighted by Gasteiger charge is -2.42. The van der Waals surface area contributed by atoms with Crippen molar-refractivity contribution in [1.29, 1.82) is 0 Å². The Morgan fingerprint density at radius 3 is 2.51 bits per heavy atom. The Bertz CT molecular complexity index is 1250. The van der Waals surface area contributed by atoms with Crippen LogP contribution in [0.3, 0.4) is 0 Å². The molecule has 6 rings (SSSR count). The summed E-state index contributed by atoms with van der Waals surface area (Å²) in [5.74, 6) is 0.737. The molecule has 5 atom stereocenters. The molecule has 0 radical (unpaired) electrons. The minimum atomic E-state index is -0.306. The molecular formula is C30H33N5O2. The van der Waals surface area contributed by atoms with Gasteiger partial charge in [0.2, 0.25) is 5.91 Å². The van der Waals surface area contributed by atoms with Crippen LogP contribution in [0.5, 0.6) is 0 Å². The lowest BCUT2D eigenvalue weighted by Crippen LogP contribution is -2.51. The normalized spacial score (nSPS) is 26.4. The van der Waals surface area contributed by atoms with Crippen LogP contribution >= 0.6 is 0 Å². The van der Waals surface area contributed by atoms with Crippen molar-refractivity contribution in [3.63, 3.8) is 0 Å². The predicted octanol–water partition coefficient (Wildman–Crippen LogP) is 5.52. The molecule has 1 aliphatic carbocycles. The molecule has 0 bridgehead atoms. The number of benzene rings is 2. The van der Waals surface area contributed by atoms with Crippen molar-refractivity contribution in [2.75, 3.05) is 17.2 Å². The molecule has 190 valence electrons. The summed E-state index contributed by atoms with van der Waals surface area (Å²) in [5.41, 5.74) is 3.55. The molecule has 0 spiro atoms. The van der Waals surface area contributed by atoms with Crippen LogP contribution in [0.1, 0.15) is 55.3 Å². The highest BCUT2D eigenvalue weighted by molar-refractivity contribution is 5.89. The monoisotopic (exact) mass is 495 g/mol. The lowest BCUT2D eigenvalue weighted by atomic mass is 9.79. The third kappa shape index (κ3) is 4.66. The van der Waals surface area contributed by atoms with Gasteiger partial charge >= 0.3 is 6.03 Å². The van der Waals surface area contributed by atoms with Crippen LogP contribution in [0.2, 0.25) is 0 Å². The summed E-state index contributed by atoms with van der Waals surface area (Å²) in [6.07, 6.45) is 6.20. The molecule has 3 amide bonds. The second-order valence-electron chi connectivity index (χ2n) is 10.4. The van der Waals surface area contributed by atoms with Crippen LogP contribution in [0, 0.1) is 11.8 Å². The average Bonchev–Trinajstić information content (AvgIpc) is 3.39. The Balaban J connectivity index is 1.24. The molecule has 3 heterocycles. The molecule has 0 unspecified atom stereocenters. The fraction of sp³-hybridized carbons (Fsp3) is 0.367. The van der Waals surface area contributed by atoms with Crippen LogP contribution in [0.25, 0.3) is 0 Å². The van der Waals surface area contributed by atoms with Gasteiger partial charge in [-0.3, -0.25) is 10.1 Å². The molecule has 1 saturated carbocycles. The molecule has 1 aromatic heterocycles. The van der Waals surface area contributed by atoms with E-state index in [1.807, 2.05) is 18.2 Å². The molecule has 2 aliphatic heterocycles. The first-order chi connectivity index (χ1) is 18.2. The second kappa shape index (κ2) is 10.2. The van der Waals surface area contributed by atoms with Crippen LogP contribution in [-0.4, -0.2) is 34.4 Å². The van der Waals surface area contributed by atoms with Gasteiger partial charge in [0.1, 0.15) is 5.82 Å². The molecule has 7 heteroatoms. The minimum absolute atomic E-state index is 0.0278. The number of nitrogens with one attached hydrogen (secondary N) is 3. The summed E-state index contributed by atoms with van der Waals surface area (Å²) in [7, 11) is 0. The summed E-state index contributed by atoms with van der Waals surface area (Å²) in [4.78, 5) is 33.2. The Morgan fingerprint density at radius 1 is 0.892 bits per heavy atom. The number of likely N-dealkylation sites (tertiary alicyclic amines) is 1. The van der Waals surface area contributed by atoms with Crippen molar-refractivity contribution in [2.45, 2.75) is 50.2 Å². The van der Waals surface area contributed by atoms with E-state index in [-0.39, 0.29) is 36.0 Å². The van der Waals surface area contributed by atoms with Gasteiger partial charge in [-0.05, 0) is 48.6 Å². The summed E-state index contributed by atoms with van der Waals surface area (Å²) < 4.78 is 0. The maximum Gasteiger partial charge on any atom is 0.320 e. The van der Waals surface area contributed by atoms with Gasteiger partial charge in [0.15, 0.2) is 0 Å². The van der Waals surface area contributed by atoms with Crippen molar-refractivity contribution >= 4 is 23.4 Å². The van der Waals surface area contributed by atoms with Crippen LogP contribution in [0.4, 0.5) is 16.3 Å². The summed E-state index contributed by atoms with van der Waals surface area (Å²) in [5, 5.41) is 9.68. The van der Waals surface area contributed by atoms with Crippen molar-refractivity contribution in [3.8, 4) is 0 Å². The number of amides is 3. The quantitative estimate of drug-likeness (QED) is 0.445. The van der Waals surface area contributed by atoms with E-state index in [1.54, 1.807) is 12.3 Å². The average molecular weight is 496 g/mol. The number of pyridine rings is 1. The van der Waals surface area contributed by atoms with Crippen molar-refractivity contribution in [3.05, 3.63) is 90.1 Å². The molecule has 2 aromatic carbocycles. The highest BCUT2D eigenvalue weighted by Gasteiger charge is 2.48. The van der Waals surface area contributed by atoms with Gasteiger partial charge in [0, 0.05) is 30.4 Å². The van der Waals surface area contributed by atoms with E-state index in [2.05, 4.69) is 74.4 Å². The van der Waals surface area contributed by atoms with E-state index >= 15 is 0 Å². The van der Waals surface area contributed by atoms with Gasteiger partial charge in [-0.1, -0.05) is 67.4 Å². The number of urea groups is 1. The molecule has 1 saturated heterocycles. The Kier molecular flexibility index (Phi) is 6.51. The Labute approximate surface area is 217 Å². The largest absolute Gasteiger partial charge is 0.378 e. The molecule has 3 aliphatic rings. The SMILES string of the molecule is O=C(Nc1ccccn1)N[C@@H]1CCCC[C@@H]1C(=O)N1CC[C@@H]2[C@H](c3ccccc3)Nc3ccccc3[C@@H]21. The number of hydrogen-bond acceptors (Lipinski definition) is 4. The number of anilines is 2. The van der Waals surface area contributed by atoms with Gasteiger partial charge in [-0.2, -0.15) is 0 Å². The highest BCUT2D eigenvalue weighted by atomic mass is 16.2. The fourth-order valence-corrected chi connectivity index (χ4v) is 6.53. The number of carbonyl (C=O) groups is 2. The van der Waals surface area contributed by atoms with E-state index in [0.29, 0.717) is 11.7 Å². The lowest BCUT2D eigenvalue weighted by molar-refractivity contribution is -0.138. The maximum atomic E-state index is 14.2. The molecule has 7 nitrogen and oxygen atoms in total. The Hall–Kier alpha value is -3.87. The number of aromatic nitrogens is 1. The van der Waals surface area contributed by atoms with Crippen molar-refractivity contribution < 1.29 is 9.59 Å². The van der Waals surface area contributed by atoms with Crippen molar-refractivity contribution in [1.82, 2.24) is 15.2 Å². The van der Waals surface area contributed by atoms with Crippen LogP contribution in [0.15, 0.2) is 79.0 Å². The zero-order chi connectivity index (χ0) is 25.2. The zero-order valence-electron chi connectivity index (χ0n) is 20.8. The van der Waals surface area contributed by atoms with E-state index in [9.17, 15) is 9.59 Å². The van der Waals surface area contributed by atoms with Crippen LogP contribution < -0.4 is 16.0 Å². The first kappa shape index (κ1) is 23.5. The standard InChI is InChI=1S/C30H33N5O2/c36-29(22-13-5-7-15-25(22)33-30(37)34-26-16-8-9-18-31-26)35-19-17-23-27(20-10-2-1-3-11-20)32-24-14-6-4-12-21(24)28(23)35/h1-4,6,8-12,14,16,18,22-23,25,27-28,32H,5,7,13,15,17,19H2,(H2,31,33,34,37)/t22-,23+,25+,27-,28-/m0/s1. The van der Waals surface area contributed by atoms with E-state index < -0.39 is 0 Å². The molecule has 2 fully saturated rings. The van der Waals surface area contributed by atoms with Gasteiger partial charge in [-0.15, -0.1) is 0 Å². The van der Waals surface area contributed by atoms with E-state index in [1.165, 1.54) is 11.1 Å². The van der Waals surface area contributed by atoms with Gasteiger partial charge in [0.25, 0.3) is 0 Å². The fourth-order valence-electron chi connectivity index (χ4n) is 6.53. The van der Waals surface area contributed by atoms with Crippen molar-refractivity contribution in [2.24, 2.45) is 11.8 Å². The Morgan fingerprint density at radius 2 is 1.68 bits per heavy atom. The summed E-state index contributed by atoms with van der Waals surface area (Å²) in [6.45, 7) is 0.733. The van der Waals surface area contributed by atoms with Crippen LogP contribution in [-0.2, 0) is 4.79 Å². The third-order valence-corrected chi connectivity index (χ3v) is 8.21. The number of rotatable bonds is 4. The topological polar surface area (TPSA) is 86.4 Å². The zero-order valence-corrected chi connectivity index (χ0v) is 20.8. The second-order valence-corrected chi connectivity index (χ2v) is 10.4. The number of nitrogens with zero attached hydrogens (tertiary/aromatic N) is 2. The van der Waals surface area contributed by atoms with Gasteiger partial charge < -0.3 is 15.5 Å². The molecule has 3 N–H and O–H groups in total. The molecular weight excluding hydrogens is 462 g/mol. The summed E-state index contributed by atoms with van der Waals surface area (Å²) >= 11 is 0. The molecule has 3 aromatic rings. The maximum absolute atomic E-state index is 14.2. The molecule has 37 heavy (non-hydrogen) atoms. The highest BCUT2D eigenvalue weighted by Crippen LogP contribution is 2.51. The summed E-state index contributed by atoms with van der Waals surface area (Å²) in [6, 6.07) is 24.0. The first-order valence-corrected chi connectivity index (χ1v) is 13.4. The van der Waals surface area contributed by atoms with E-state index in [4.69, 9.17) is 0 Å². The van der Waals surface area contributed by atoms with Gasteiger partial charge in [-0.25, -0.2) is 9.78 Å². The van der Waals surface area contributed by atoms with Gasteiger partial charge in [0.05, 0.1) is 18.0 Å². The minimum Gasteiger partial charge on any atom is -0.378 e. The number of hydrogen-bond donors (Lipinski definition) is 3. The number of carbonyl (C=O) groups excluding carboxylic acids is 2. The smallest absolute Gasteiger partial charge is 0.320 e. The number of para-hydroxylation sites is 1. The number of fused-ring (bicyclic) bond motifs is 3. The van der Waals surface area contributed by atoms with E-state index in [0.717, 1.165) is 44.3 Å².